The molecule has 0 radical (unpaired) electrons. The first-order chi connectivity index (χ1) is 17.9. The number of rotatable bonds is 9. The van der Waals surface area contributed by atoms with Crippen molar-refractivity contribution in [2.75, 3.05) is 18.4 Å². The van der Waals surface area contributed by atoms with Crippen LogP contribution in [0.2, 0.25) is 0 Å². The van der Waals surface area contributed by atoms with Gasteiger partial charge < -0.3 is 10.2 Å². The lowest BCUT2D eigenvalue weighted by Crippen LogP contribution is -2.46. The number of sulfonamides is 1. The molecule has 1 atom stereocenters. The summed E-state index contributed by atoms with van der Waals surface area (Å²) in [5.41, 5.74) is 0.681. The highest BCUT2D eigenvalue weighted by Gasteiger charge is 2.33. The summed E-state index contributed by atoms with van der Waals surface area (Å²) in [6, 6.07) is 18.7. The molecule has 0 aliphatic rings. The van der Waals surface area contributed by atoms with Gasteiger partial charge in [-0.3, -0.25) is 14.4 Å². The summed E-state index contributed by atoms with van der Waals surface area (Å²) in [4.78, 5) is 40.3. The molecule has 0 saturated carbocycles. The fraction of sp³-hybridized carbons (Fsp3) is 0.345. The van der Waals surface area contributed by atoms with Gasteiger partial charge in [-0.1, -0.05) is 63.2 Å². The number of anilines is 1. The van der Waals surface area contributed by atoms with E-state index in [9.17, 15) is 22.8 Å². The van der Waals surface area contributed by atoms with Gasteiger partial charge in [-0.2, -0.15) is 0 Å². The van der Waals surface area contributed by atoms with Crippen LogP contribution >= 0.6 is 0 Å². The normalized spacial score (nSPS) is 12.6. The zero-order chi connectivity index (χ0) is 28.1. The van der Waals surface area contributed by atoms with E-state index in [4.69, 9.17) is 0 Å². The van der Waals surface area contributed by atoms with E-state index in [2.05, 4.69) is 10.0 Å². The van der Waals surface area contributed by atoms with Crippen molar-refractivity contribution in [3.63, 3.8) is 0 Å². The Morgan fingerprint density at radius 1 is 0.868 bits per heavy atom. The molecular weight excluding hydrogens is 502 g/mol. The predicted octanol–water partition coefficient (Wildman–Crippen LogP) is 4.36. The number of hydrogen-bond acceptors (Lipinski definition) is 5. The van der Waals surface area contributed by atoms with E-state index in [-0.39, 0.29) is 17.2 Å². The summed E-state index contributed by atoms with van der Waals surface area (Å²) in [6.07, 6.45) is 0.00189. The second kappa shape index (κ2) is 11.8. The first kappa shape index (κ1) is 28.8. The van der Waals surface area contributed by atoms with Gasteiger partial charge in [0.15, 0.2) is 0 Å². The molecule has 0 aliphatic heterocycles. The minimum atomic E-state index is -4.21. The Hall–Kier alpha value is -3.72. The highest BCUT2D eigenvalue weighted by molar-refractivity contribution is 7.90. The molecular formula is C29H35N3O5S. The minimum absolute atomic E-state index is 0.00189. The zero-order valence-electron chi connectivity index (χ0n) is 22.4. The van der Waals surface area contributed by atoms with Crippen molar-refractivity contribution >= 4 is 44.2 Å². The number of nitrogens with zero attached hydrogens (tertiary/aromatic N) is 1. The summed E-state index contributed by atoms with van der Waals surface area (Å²) in [7, 11) is -4.21. The summed E-state index contributed by atoms with van der Waals surface area (Å²) >= 11 is 0. The number of fused-ring (bicyclic) bond motifs is 1. The second-order valence-corrected chi connectivity index (χ2v) is 11.8. The standard InChI is InChI=1S/C29H35N3O5S/c1-6-32(7-2)27(34)25(18-20-12-15-23(16-13-20)30-28(35)29(3,4)5)26(33)31-38(36,37)24-17-14-21-10-8-9-11-22(21)19-24/h8-17,19,25H,6-7,18H2,1-5H3,(H,30,35)(H,31,33). The average molecular weight is 538 g/mol. The first-order valence-corrected chi connectivity index (χ1v) is 14.1. The average Bonchev–Trinajstić information content (AvgIpc) is 2.87. The Morgan fingerprint density at radius 3 is 2.05 bits per heavy atom. The van der Waals surface area contributed by atoms with E-state index < -0.39 is 33.2 Å². The van der Waals surface area contributed by atoms with E-state index in [1.54, 1.807) is 56.3 Å². The number of nitrogens with one attached hydrogen (secondary N) is 2. The lowest BCUT2D eigenvalue weighted by atomic mass is 9.95. The molecule has 3 aromatic carbocycles. The van der Waals surface area contributed by atoms with E-state index in [0.29, 0.717) is 24.3 Å². The van der Waals surface area contributed by atoms with Crippen molar-refractivity contribution in [3.8, 4) is 0 Å². The molecule has 3 rings (SSSR count). The molecule has 0 saturated heterocycles. The van der Waals surface area contributed by atoms with Gasteiger partial charge >= 0.3 is 0 Å². The van der Waals surface area contributed by atoms with Crippen LogP contribution in [0.15, 0.2) is 71.6 Å². The zero-order valence-corrected chi connectivity index (χ0v) is 23.3. The van der Waals surface area contributed by atoms with Crippen LogP contribution in [0.1, 0.15) is 40.2 Å². The van der Waals surface area contributed by atoms with Crippen molar-refractivity contribution in [3.05, 3.63) is 72.3 Å². The van der Waals surface area contributed by atoms with E-state index in [1.165, 1.54) is 17.0 Å². The Morgan fingerprint density at radius 2 is 1.47 bits per heavy atom. The van der Waals surface area contributed by atoms with Gasteiger partial charge in [-0.15, -0.1) is 0 Å². The Kier molecular flexibility index (Phi) is 8.93. The van der Waals surface area contributed by atoms with E-state index in [0.717, 1.165) is 10.8 Å². The summed E-state index contributed by atoms with van der Waals surface area (Å²) in [5.74, 6) is -2.73. The summed E-state index contributed by atoms with van der Waals surface area (Å²) < 4.78 is 28.3. The molecule has 8 nitrogen and oxygen atoms in total. The topological polar surface area (TPSA) is 113 Å². The van der Waals surface area contributed by atoms with Crippen LogP contribution in [-0.2, 0) is 30.8 Å². The van der Waals surface area contributed by atoms with Gasteiger partial charge in [0.05, 0.1) is 4.90 Å². The lowest BCUT2D eigenvalue weighted by Gasteiger charge is -2.25. The van der Waals surface area contributed by atoms with Gasteiger partial charge in [0.25, 0.3) is 10.0 Å². The highest BCUT2D eigenvalue weighted by Crippen LogP contribution is 2.22. The molecule has 1 unspecified atom stereocenters. The molecule has 3 amide bonds. The quantitative estimate of drug-likeness (QED) is 0.394. The smallest absolute Gasteiger partial charge is 0.264 e. The number of hydrogen-bond donors (Lipinski definition) is 2. The maximum atomic E-state index is 13.3. The maximum Gasteiger partial charge on any atom is 0.264 e. The van der Waals surface area contributed by atoms with Crippen LogP contribution in [0.5, 0.6) is 0 Å². The molecule has 0 spiro atoms. The van der Waals surface area contributed by atoms with Gasteiger partial charge in [0.1, 0.15) is 5.92 Å². The Labute approximate surface area is 224 Å². The molecule has 202 valence electrons. The maximum absolute atomic E-state index is 13.3. The van der Waals surface area contributed by atoms with Gasteiger partial charge in [-0.25, -0.2) is 13.1 Å². The third-order valence-corrected chi connectivity index (χ3v) is 7.63. The molecule has 3 aromatic rings. The summed E-state index contributed by atoms with van der Waals surface area (Å²) in [5, 5.41) is 4.42. The van der Waals surface area contributed by atoms with Crippen molar-refractivity contribution in [2.24, 2.45) is 11.3 Å². The van der Waals surface area contributed by atoms with Crippen LogP contribution in [0.25, 0.3) is 10.8 Å². The lowest BCUT2D eigenvalue weighted by molar-refractivity contribution is -0.141. The van der Waals surface area contributed by atoms with Crippen LogP contribution in [-0.4, -0.2) is 44.1 Å². The van der Waals surface area contributed by atoms with Gasteiger partial charge in [0, 0.05) is 24.2 Å². The molecule has 9 heteroatoms. The molecule has 0 bridgehead atoms. The third kappa shape index (κ3) is 6.98. The van der Waals surface area contributed by atoms with E-state index >= 15 is 0 Å². The van der Waals surface area contributed by atoms with Gasteiger partial charge in [-0.05, 0) is 60.9 Å². The van der Waals surface area contributed by atoms with Crippen molar-refractivity contribution < 1.29 is 22.8 Å². The van der Waals surface area contributed by atoms with Crippen LogP contribution in [0, 0.1) is 11.3 Å². The van der Waals surface area contributed by atoms with Crippen LogP contribution < -0.4 is 10.0 Å². The molecule has 38 heavy (non-hydrogen) atoms. The second-order valence-electron chi connectivity index (χ2n) is 10.1. The first-order valence-electron chi connectivity index (χ1n) is 12.6. The number of carbonyl (C=O) groups excluding carboxylic acids is 3. The highest BCUT2D eigenvalue weighted by atomic mass is 32.2. The molecule has 0 heterocycles. The SMILES string of the molecule is CCN(CC)C(=O)C(Cc1ccc(NC(=O)C(C)(C)C)cc1)C(=O)NS(=O)(=O)c1ccc2ccccc2c1. The van der Waals surface area contributed by atoms with Gasteiger partial charge in [0.2, 0.25) is 17.7 Å². The fourth-order valence-electron chi connectivity index (χ4n) is 3.92. The fourth-order valence-corrected chi connectivity index (χ4v) is 4.98. The third-order valence-electron chi connectivity index (χ3n) is 6.29. The van der Waals surface area contributed by atoms with Crippen molar-refractivity contribution in [1.29, 1.82) is 0 Å². The van der Waals surface area contributed by atoms with Crippen LogP contribution in [0.3, 0.4) is 0 Å². The van der Waals surface area contributed by atoms with Crippen molar-refractivity contribution in [1.82, 2.24) is 9.62 Å². The minimum Gasteiger partial charge on any atom is -0.343 e. The monoisotopic (exact) mass is 537 g/mol. The van der Waals surface area contributed by atoms with Crippen LogP contribution in [0.4, 0.5) is 5.69 Å². The van der Waals surface area contributed by atoms with E-state index in [1.807, 2.05) is 32.9 Å². The largest absolute Gasteiger partial charge is 0.343 e. The number of carbonyl (C=O) groups is 3. The molecule has 0 aliphatic carbocycles. The molecule has 2 N–H and O–H groups in total. The Bertz CT molecular complexity index is 1420. The molecule has 0 aromatic heterocycles. The molecule has 0 fully saturated rings. The number of amides is 3. The summed E-state index contributed by atoms with van der Waals surface area (Å²) in [6.45, 7) is 9.80. The Balaban J connectivity index is 1.85. The predicted molar refractivity (Wildman–Crippen MR) is 149 cm³/mol. The van der Waals surface area contributed by atoms with Crippen molar-refractivity contribution in [2.45, 2.75) is 45.9 Å². The number of benzene rings is 3.